The van der Waals surface area contributed by atoms with Crippen LogP contribution < -0.4 is 25.8 Å². The number of benzene rings is 4. The van der Waals surface area contributed by atoms with Crippen molar-refractivity contribution in [3.63, 3.8) is 0 Å². The molecule has 0 saturated carbocycles. The second-order valence-electron chi connectivity index (χ2n) is 23.8. The maximum atomic E-state index is 15.4. The molecule has 0 fully saturated rings. The van der Waals surface area contributed by atoms with Crippen molar-refractivity contribution in [2.45, 2.75) is 164 Å². The van der Waals surface area contributed by atoms with Crippen LogP contribution in [0.5, 0.6) is 0 Å². The van der Waals surface area contributed by atoms with Crippen LogP contribution in [0.15, 0.2) is 67.4 Å². The van der Waals surface area contributed by atoms with Crippen molar-refractivity contribution in [1.82, 2.24) is 19.5 Å². The Morgan fingerprint density at radius 1 is 0.595 bits per heavy atom. The summed E-state index contributed by atoms with van der Waals surface area (Å²) >= 11 is 0. The summed E-state index contributed by atoms with van der Waals surface area (Å²) < 4.78 is 41.7. The van der Waals surface area contributed by atoms with Gasteiger partial charge in [0.15, 0.2) is 29.9 Å². The molecule has 22 heteroatoms. The Kier molecular flexibility index (Phi) is 14.1. The minimum atomic E-state index is -4.25. The molecule has 8 N–H and O–H groups in total. The summed E-state index contributed by atoms with van der Waals surface area (Å²) in [4.78, 5) is 46.8. The van der Waals surface area contributed by atoms with Crippen LogP contribution in [0.2, 0.25) is 0 Å². The van der Waals surface area contributed by atoms with Gasteiger partial charge in [0.2, 0.25) is 0 Å². The molecule has 6 aliphatic carbocycles. The van der Waals surface area contributed by atoms with E-state index in [4.69, 9.17) is 5.14 Å². The molecular weight excluding hydrogens is 1100 g/mol. The zero-order valence-corrected chi connectivity index (χ0v) is 48.8. The lowest BCUT2D eigenvalue weighted by atomic mass is 9.92. The number of rotatable bonds is 10. The number of pyridine rings is 1. The van der Waals surface area contributed by atoms with Crippen LogP contribution in [0.25, 0.3) is 5.69 Å². The van der Waals surface area contributed by atoms with Crippen molar-refractivity contribution in [1.29, 1.82) is 15.8 Å². The van der Waals surface area contributed by atoms with Crippen LogP contribution in [0, 0.1) is 34.0 Å². The van der Waals surface area contributed by atoms with Gasteiger partial charge >= 0.3 is 18.1 Å². The molecule has 3 atom stereocenters. The highest BCUT2D eigenvalue weighted by molar-refractivity contribution is 7.92. The first-order valence-corrected chi connectivity index (χ1v) is 31.6. The van der Waals surface area contributed by atoms with Crippen LogP contribution >= 0.6 is 0 Å². The van der Waals surface area contributed by atoms with Crippen LogP contribution in [0.3, 0.4) is 0 Å². The molecule has 20 nitrogen and oxygen atoms in total. The maximum Gasteiger partial charge on any atom is 0.355 e. The third-order valence-electron chi connectivity index (χ3n) is 17.6. The topological polar surface area (TPSA) is 327 Å². The van der Waals surface area contributed by atoms with Crippen molar-refractivity contribution in [3.8, 4) is 23.9 Å². The first-order valence-electron chi connectivity index (χ1n) is 28.5. The monoisotopic (exact) mass is 1170 g/mol. The van der Waals surface area contributed by atoms with Gasteiger partial charge in [0, 0.05) is 29.3 Å². The van der Waals surface area contributed by atoms with Crippen molar-refractivity contribution in [2.75, 3.05) is 16.0 Å². The van der Waals surface area contributed by atoms with Gasteiger partial charge in [0.1, 0.15) is 5.60 Å². The number of nitriles is 3. The van der Waals surface area contributed by atoms with Crippen LogP contribution in [0.1, 0.15) is 166 Å². The number of nitrogens with one attached hydrogen (secondary N) is 4. The molecule has 0 bridgehead atoms. The molecule has 84 heavy (non-hydrogen) atoms. The third kappa shape index (κ3) is 9.87. The SMILES string of the molecule is CC(C)(O)c1ccnc(S(=O)(=NC(=O)Nc2c3c(c(C#N)c4c2CCC4)CCC3)NC(=O)Nc2c3c(c(C#N)c4c2CC(c2ccc(-n5nc(S(N)(=O)=NC(=O)Nc6c7c(c(C#N)c8c6CCC8)CCC7)cc5C(C)(C)O)cc2)C4)CCC3)c1. The summed E-state index contributed by atoms with van der Waals surface area (Å²) in [6.45, 7) is 6.17. The van der Waals surface area contributed by atoms with E-state index in [-0.39, 0.29) is 21.7 Å². The number of aliphatic hydroxyl groups is 2. The van der Waals surface area contributed by atoms with Gasteiger partial charge in [-0.15, -0.1) is 8.73 Å². The molecule has 12 rings (SSSR count). The van der Waals surface area contributed by atoms with E-state index < -0.39 is 49.1 Å². The normalized spacial score (nSPS) is 17.6. The Bertz CT molecular complexity index is 4210. The lowest BCUT2D eigenvalue weighted by Gasteiger charge is -2.21. The fraction of sp³-hybridized carbons (Fsp3) is 0.387. The number of nitrogens with two attached hydrogens (primary N) is 1. The zero-order valence-electron chi connectivity index (χ0n) is 47.1. The number of nitrogens with zero attached hydrogens (tertiary/aromatic N) is 8. The summed E-state index contributed by atoms with van der Waals surface area (Å²) in [6, 6.07) is 16.0. The van der Waals surface area contributed by atoms with E-state index in [0.717, 1.165) is 117 Å². The highest BCUT2D eigenvalue weighted by Gasteiger charge is 2.37. The fourth-order valence-electron chi connectivity index (χ4n) is 13.9. The Hall–Kier alpha value is -8.30. The average Bonchev–Trinajstić information content (AvgIpc) is 3.23. The molecular formula is C62H63N13O7S2. The highest BCUT2D eigenvalue weighted by atomic mass is 32.2. The number of hydrogen-bond acceptors (Lipinski definition) is 12. The van der Waals surface area contributed by atoms with E-state index in [2.05, 4.69) is 57.7 Å². The maximum absolute atomic E-state index is 15.4. The first-order chi connectivity index (χ1) is 40.1. The number of carbonyl (C=O) groups is 3. The van der Waals surface area contributed by atoms with Gasteiger partial charge in [-0.1, -0.05) is 12.1 Å². The first kappa shape index (κ1) is 56.2. The zero-order chi connectivity index (χ0) is 59.2. The molecule has 430 valence electrons. The van der Waals surface area contributed by atoms with E-state index in [1.165, 1.54) is 42.9 Å². The van der Waals surface area contributed by atoms with Gasteiger partial charge in [-0.05, 0) is 245 Å². The molecule has 0 saturated heterocycles. The molecule has 6 aromatic rings. The Labute approximate surface area is 487 Å². The van der Waals surface area contributed by atoms with E-state index in [9.17, 15) is 44.6 Å². The van der Waals surface area contributed by atoms with Crippen molar-refractivity contribution >= 4 is 55.0 Å². The van der Waals surface area contributed by atoms with Crippen LogP contribution in [-0.4, -0.2) is 51.5 Å². The molecule has 0 radical (unpaired) electrons. The number of hydrogen-bond donors (Lipinski definition) is 7. The molecule has 2 heterocycles. The summed E-state index contributed by atoms with van der Waals surface area (Å²) in [5, 5.41) is 72.6. The number of aromatic nitrogens is 3. The minimum Gasteiger partial charge on any atom is -0.386 e. The van der Waals surface area contributed by atoms with Crippen LogP contribution in [0.4, 0.5) is 31.4 Å². The molecule has 6 amide bonds. The summed E-state index contributed by atoms with van der Waals surface area (Å²) in [5.41, 5.74) is 12.9. The molecule has 6 aliphatic rings. The minimum absolute atomic E-state index is 0.185. The fourth-order valence-corrected chi connectivity index (χ4v) is 16.1. The van der Waals surface area contributed by atoms with Gasteiger partial charge in [-0.3, -0.25) is 0 Å². The summed E-state index contributed by atoms with van der Waals surface area (Å²) in [6.07, 6.45) is 12.9. The molecule has 4 aromatic carbocycles. The predicted octanol–water partition coefficient (Wildman–Crippen LogP) is 9.39. The van der Waals surface area contributed by atoms with Crippen molar-refractivity contribution in [3.05, 3.63) is 149 Å². The van der Waals surface area contributed by atoms with Gasteiger partial charge in [0.25, 0.3) is 0 Å². The summed E-state index contributed by atoms with van der Waals surface area (Å²) in [7, 11) is -8.22. The standard InChI is InChI=1S/C62H63N13O7S2/c1-61(2,79)35-24-25-67-53(28-35)84(82,73-59(77)69-56-44-17-7-12-39(44)50(31-64)40-13-8-18-45(40)56)74-60(78)70-57-46-19-9-14-41(46)51(32-65)47-26-34(27-48(47)57)33-20-22-36(23-21-33)75-52(62(3,4)80)29-54(71-75)83(66,81)72-58(76)68-55-42-15-5-10-37(42)49(30-63)38-11-6-16-43(38)55/h20-25,28-29,34,79-80H,5-19,26-27H2,1-4H3,(H3,66,68,72,76,81)(H3,69,70,73,74,77,78,82). The smallest absolute Gasteiger partial charge is 0.355 e. The highest BCUT2D eigenvalue weighted by Crippen LogP contribution is 2.47. The largest absolute Gasteiger partial charge is 0.386 e. The Balaban J connectivity index is 0.827. The van der Waals surface area contributed by atoms with Gasteiger partial charge in [0.05, 0.1) is 51.9 Å². The van der Waals surface area contributed by atoms with Crippen molar-refractivity contribution < 1.29 is 33.0 Å². The van der Waals surface area contributed by atoms with Gasteiger partial charge < -0.3 is 26.2 Å². The molecule has 0 spiro atoms. The number of carbonyl (C=O) groups excluding carboxylic acids is 3. The average molecular weight is 1170 g/mol. The second-order valence-corrected chi connectivity index (χ2v) is 27.4. The number of fused-ring (bicyclic) bond motifs is 6. The lowest BCUT2D eigenvalue weighted by Crippen LogP contribution is -2.36. The Morgan fingerprint density at radius 3 is 1.50 bits per heavy atom. The number of urea groups is 3. The van der Waals surface area contributed by atoms with E-state index >= 15 is 4.21 Å². The number of amides is 6. The number of anilines is 3. The molecule has 0 aliphatic heterocycles. The van der Waals surface area contributed by atoms with Gasteiger partial charge in [-0.2, -0.15) is 20.9 Å². The quantitative estimate of drug-likeness (QED) is 0.0674. The predicted molar refractivity (Wildman–Crippen MR) is 314 cm³/mol. The van der Waals surface area contributed by atoms with Crippen LogP contribution in [-0.2, 0) is 108 Å². The summed E-state index contributed by atoms with van der Waals surface area (Å²) in [5.74, 6) is -0.185. The van der Waals surface area contributed by atoms with E-state index in [0.29, 0.717) is 109 Å². The Morgan fingerprint density at radius 2 is 1.04 bits per heavy atom. The third-order valence-corrected chi connectivity index (χ3v) is 20.5. The molecule has 2 aromatic heterocycles. The lowest BCUT2D eigenvalue weighted by molar-refractivity contribution is 0.0711. The van der Waals surface area contributed by atoms with E-state index in [1.807, 2.05) is 12.1 Å². The second kappa shape index (κ2) is 21.1. The molecule has 3 unspecified atom stereocenters. The van der Waals surface area contributed by atoms with Crippen molar-refractivity contribution in [2.24, 2.45) is 13.9 Å². The van der Waals surface area contributed by atoms with E-state index in [1.54, 1.807) is 26.0 Å². The van der Waals surface area contributed by atoms with Gasteiger partial charge in [-0.25, -0.2) is 42.3 Å².